The van der Waals surface area contributed by atoms with Crippen molar-refractivity contribution in [2.45, 2.75) is 19.6 Å². The van der Waals surface area contributed by atoms with Crippen molar-refractivity contribution in [3.05, 3.63) is 47.6 Å². The van der Waals surface area contributed by atoms with Crippen LogP contribution >= 0.6 is 11.3 Å². The maximum Gasteiger partial charge on any atom is 0.195 e. The quantitative estimate of drug-likeness (QED) is 0.483. The Bertz CT molecular complexity index is 798. The summed E-state index contributed by atoms with van der Waals surface area (Å²) in [5, 5.41) is 2.05. The van der Waals surface area contributed by atoms with Gasteiger partial charge in [-0.15, -0.1) is 16.9 Å². The molecule has 0 saturated carbocycles. The average Bonchev–Trinajstić information content (AvgIpc) is 2.97. The zero-order chi connectivity index (χ0) is 14.2. The van der Waals surface area contributed by atoms with Gasteiger partial charge in [0.25, 0.3) is 0 Å². The van der Waals surface area contributed by atoms with Gasteiger partial charge in [-0.2, -0.15) is 0 Å². The minimum absolute atomic E-state index is 0.989. The Morgan fingerprint density at radius 2 is 1.90 bits per heavy atom. The zero-order valence-electron chi connectivity index (χ0n) is 11.8. The molecule has 4 heteroatoms. The third kappa shape index (κ3) is 2.55. The van der Waals surface area contributed by atoms with E-state index < -0.39 is 8.07 Å². The molecule has 2 nitrogen and oxygen atoms in total. The van der Waals surface area contributed by atoms with Crippen molar-refractivity contribution in [2.75, 3.05) is 0 Å². The van der Waals surface area contributed by atoms with E-state index in [9.17, 15) is 0 Å². The molecular weight excluding hydrogens is 280 g/mol. The van der Waals surface area contributed by atoms with Gasteiger partial charge in [0.1, 0.15) is 19.5 Å². The highest BCUT2D eigenvalue weighted by Gasteiger charge is 2.14. The lowest BCUT2D eigenvalue weighted by Gasteiger charge is -2.04. The van der Waals surface area contributed by atoms with Crippen molar-refractivity contribution in [1.29, 1.82) is 0 Å². The smallest absolute Gasteiger partial charge is 0.195 e. The number of nitrogens with zero attached hydrogens (tertiary/aromatic N) is 2. The van der Waals surface area contributed by atoms with Crippen LogP contribution in [0.15, 0.2) is 41.9 Å². The zero-order valence-corrected chi connectivity index (χ0v) is 13.7. The molecule has 3 aromatic rings. The number of rotatable bonds is 1. The molecule has 0 atom stereocenters. The van der Waals surface area contributed by atoms with Gasteiger partial charge < -0.3 is 0 Å². The molecule has 20 heavy (non-hydrogen) atoms. The van der Waals surface area contributed by atoms with Gasteiger partial charge in [-0.25, -0.2) is 4.98 Å². The van der Waals surface area contributed by atoms with Crippen LogP contribution in [0.4, 0.5) is 0 Å². The number of fused-ring (bicyclic) bond motifs is 1. The van der Waals surface area contributed by atoms with Gasteiger partial charge in [0.2, 0.25) is 0 Å². The van der Waals surface area contributed by atoms with Crippen molar-refractivity contribution in [3.63, 3.8) is 0 Å². The van der Waals surface area contributed by atoms with Gasteiger partial charge in [0, 0.05) is 17.1 Å². The van der Waals surface area contributed by atoms with E-state index in [2.05, 4.69) is 53.0 Å². The first-order valence-corrected chi connectivity index (χ1v) is 11.0. The van der Waals surface area contributed by atoms with Gasteiger partial charge in [-0.3, -0.25) is 4.40 Å². The molecule has 0 saturated heterocycles. The first-order valence-electron chi connectivity index (χ1n) is 6.59. The van der Waals surface area contributed by atoms with Crippen LogP contribution in [0.2, 0.25) is 19.6 Å². The van der Waals surface area contributed by atoms with Crippen LogP contribution in [0.25, 0.3) is 16.2 Å². The second-order valence-corrected chi connectivity index (χ2v) is 11.4. The molecular formula is C16H16N2SSi. The molecule has 0 aliphatic heterocycles. The lowest BCUT2D eigenvalue weighted by Crippen LogP contribution is -2.16. The van der Waals surface area contributed by atoms with E-state index in [-0.39, 0.29) is 0 Å². The van der Waals surface area contributed by atoms with Crippen LogP contribution in [0.1, 0.15) is 5.69 Å². The summed E-state index contributed by atoms with van der Waals surface area (Å²) in [6, 6.07) is 10.3. The van der Waals surface area contributed by atoms with E-state index in [1.165, 1.54) is 0 Å². The van der Waals surface area contributed by atoms with Gasteiger partial charge in [-0.05, 0) is 0 Å². The summed E-state index contributed by atoms with van der Waals surface area (Å²) in [5.41, 5.74) is 6.58. The SMILES string of the molecule is C[Si](C)(C)C#Cc1c(-c2ccccc2)nc2sccn12. The van der Waals surface area contributed by atoms with Crippen LogP contribution in [0.5, 0.6) is 0 Å². The van der Waals surface area contributed by atoms with E-state index in [0.717, 1.165) is 21.9 Å². The van der Waals surface area contributed by atoms with Crippen molar-refractivity contribution >= 4 is 24.4 Å². The molecule has 0 spiro atoms. The van der Waals surface area contributed by atoms with E-state index >= 15 is 0 Å². The van der Waals surface area contributed by atoms with Gasteiger partial charge >= 0.3 is 0 Å². The summed E-state index contributed by atoms with van der Waals surface area (Å²) in [6.07, 6.45) is 2.05. The van der Waals surface area contributed by atoms with Crippen LogP contribution in [-0.4, -0.2) is 17.5 Å². The molecule has 1 aromatic carbocycles. The topological polar surface area (TPSA) is 17.3 Å². The maximum atomic E-state index is 4.74. The molecule has 0 amide bonds. The highest BCUT2D eigenvalue weighted by molar-refractivity contribution is 7.15. The predicted octanol–water partition coefficient (Wildman–Crippen LogP) is 4.29. The molecule has 0 bridgehead atoms. The summed E-state index contributed by atoms with van der Waals surface area (Å²) in [4.78, 5) is 5.74. The minimum atomic E-state index is -1.40. The highest BCUT2D eigenvalue weighted by atomic mass is 32.1. The maximum absolute atomic E-state index is 4.74. The van der Waals surface area contributed by atoms with Gasteiger partial charge in [0.05, 0.1) is 0 Å². The second-order valence-electron chi connectivity index (χ2n) is 5.73. The Labute approximate surface area is 124 Å². The van der Waals surface area contributed by atoms with Gasteiger partial charge in [-0.1, -0.05) is 55.9 Å². The largest absolute Gasteiger partial charge is 0.283 e. The molecule has 2 aromatic heterocycles. The fourth-order valence-electron chi connectivity index (χ4n) is 1.95. The number of benzene rings is 1. The Balaban J connectivity index is 2.22. The Morgan fingerprint density at radius 3 is 2.60 bits per heavy atom. The van der Waals surface area contributed by atoms with Crippen molar-refractivity contribution in [2.24, 2.45) is 0 Å². The van der Waals surface area contributed by atoms with E-state index in [4.69, 9.17) is 4.98 Å². The third-order valence-electron chi connectivity index (χ3n) is 2.87. The van der Waals surface area contributed by atoms with Crippen molar-refractivity contribution < 1.29 is 0 Å². The molecule has 0 aliphatic rings. The minimum Gasteiger partial charge on any atom is -0.283 e. The number of hydrogen-bond acceptors (Lipinski definition) is 2. The van der Waals surface area contributed by atoms with Crippen molar-refractivity contribution in [1.82, 2.24) is 9.38 Å². The molecule has 0 N–H and O–H groups in total. The molecule has 3 rings (SSSR count). The Kier molecular flexibility index (Phi) is 3.25. The Morgan fingerprint density at radius 1 is 1.15 bits per heavy atom. The van der Waals surface area contributed by atoms with Crippen LogP contribution in [-0.2, 0) is 0 Å². The first kappa shape index (κ1) is 13.2. The lowest BCUT2D eigenvalue weighted by molar-refractivity contribution is 1.20. The van der Waals surface area contributed by atoms with Crippen molar-refractivity contribution in [3.8, 4) is 22.7 Å². The van der Waals surface area contributed by atoms with E-state index in [1.54, 1.807) is 11.3 Å². The lowest BCUT2D eigenvalue weighted by atomic mass is 10.1. The molecule has 0 radical (unpaired) electrons. The standard InChI is InChI=1S/C16H16N2SSi/c1-20(2,3)12-9-14-15(13-7-5-4-6-8-13)17-16-18(14)10-11-19-16/h4-8,10-11H,1-3H3. The average molecular weight is 296 g/mol. The predicted molar refractivity (Wildman–Crippen MR) is 88.7 cm³/mol. The molecule has 0 fully saturated rings. The second kappa shape index (κ2) is 4.93. The normalized spacial score (nSPS) is 11.3. The first-order chi connectivity index (χ1) is 9.54. The summed E-state index contributed by atoms with van der Waals surface area (Å²) < 4.78 is 2.10. The number of aromatic nitrogens is 2. The highest BCUT2D eigenvalue weighted by Crippen LogP contribution is 2.25. The fraction of sp³-hybridized carbons (Fsp3) is 0.188. The Hall–Kier alpha value is -1.83. The van der Waals surface area contributed by atoms with Gasteiger partial charge in [0.15, 0.2) is 4.96 Å². The third-order valence-corrected chi connectivity index (χ3v) is 4.50. The number of imidazole rings is 1. The van der Waals surface area contributed by atoms with E-state index in [0.29, 0.717) is 0 Å². The van der Waals surface area contributed by atoms with E-state index in [1.807, 2.05) is 24.4 Å². The monoisotopic (exact) mass is 296 g/mol. The number of thiazole rings is 1. The summed E-state index contributed by atoms with van der Waals surface area (Å²) in [6.45, 7) is 6.77. The fourth-order valence-corrected chi connectivity index (χ4v) is 3.16. The number of hydrogen-bond donors (Lipinski definition) is 0. The summed E-state index contributed by atoms with van der Waals surface area (Å²) >= 11 is 1.65. The molecule has 0 unspecified atom stereocenters. The molecule has 2 heterocycles. The summed E-state index contributed by atoms with van der Waals surface area (Å²) in [5.74, 6) is 3.38. The molecule has 100 valence electrons. The van der Waals surface area contributed by atoms with Crippen LogP contribution in [0, 0.1) is 11.5 Å². The van der Waals surface area contributed by atoms with Crippen LogP contribution < -0.4 is 0 Å². The molecule has 0 aliphatic carbocycles. The van der Waals surface area contributed by atoms with Crippen LogP contribution in [0.3, 0.4) is 0 Å². The summed E-state index contributed by atoms with van der Waals surface area (Å²) in [7, 11) is -1.40.